The predicted molar refractivity (Wildman–Crippen MR) is 118 cm³/mol. The number of nitrogens with zero attached hydrogens (tertiary/aromatic N) is 7. The number of hydrogen-bond donors (Lipinski definition) is 1. The minimum absolute atomic E-state index is 0.527. The van der Waals surface area contributed by atoms with Gasteiger partial charge in [-0.15, -0.1) is 0 Å². The smallest absolute Gasteiger partial charge is 0.227 e. The maximum atomic E-state index is 5.41. The molecule has 0 amide bonds. The molecule has 1 saturated heterocycles. The number of pyridine rings is 1. The number of rotatable bonds is 5. The number of ether oxygens (including phenoxy) is 1. The van der Waals surface area contributed by atoms with Crippen LogP contribution in [0.2, 0.25) is 0 Å². The van der Waals surface area contributed by atoms with Crippen molar-refractivity contribution in [1.29, 1.82) is 0 Å². The van der Waals surface area contributed by atoms with E-state index in [1.165, 1.54) is 0 Å². The first kappa shape index (κ1) is 19.1. The molecule has 1 aliphatic rings. The molecule has 0 spiro atoms. The van der Waals surface area contributed by atoms with E-state index in [-0.39, 0.29) is 0 Å². The fourth-order valence-electron chi connectivity index (χ4n) is 3.39. The number of hydrogen-bond acceptors (Lipinski definition) is 8. The molecule has 0 radical (unpaired) electrons. The van der Waals surface area contributed by atoms with E-state index in [1.54, 1.807) is 17.2 Å². The van der Waals surface area contributed by atoms with Crippen LogP contribution in [-0.2, 0) is 4.74 Å². The zero-order valence-corrected chi connectivity index (χ0v) is 17.1. The summed E-state index contributed by atoms with van der Waals surface area (Å²) in [6.45, 7) is 5.07. The third kappa shape index (κ3) is 4.36. The molecule has 5 rings (SSSR count). The lowest BCUT2D eigenvalue weighted by molar-refractivity contribution is 0.122. The maximum Gasteiger partial charge on any atom is 0.227 e. The summed E-state index contributed by atoms with van der Waals surface area (Å²) in [6, 6.07) is 13.8. The van der Waals surface area contributed by atoms with Gasteiger partial charge in [-0.25, -0.2) is 24.6 Å². The molecule has 9 nitrogen and oxygen atoms in total. The number of nitrogens with one attached hydrogen (secondary N) is 1. The zero-order valence-electron chi connectivity index (χ0n) is 17.1. The molecule has 3 aromatic heterocycles. The van der Waals surface area contributed by atoms with Crippen molar-refractivity contribution >= 4 is 17.5 Å². The van der Waals surface area contributed by atoms with Gasteiger partial charge in [-0.3, -0.25) is 0 Å². The molecular weight excluding hydrogens is 392 g/mol. The molecule has 1 fully saturated rings. The first-order valence-corrected chi connectivity index (χ1v) is 10.1. The Hall–Kier alpha value is -3.85. The Labute approximate surface area is 179 Å². The molecular formula is C22H22N8O. The third-order valence-electron chi connectivity index (χ3n) is 5.03. The predicted octanol–water partition coefficient (Wildman–Crippen LogP) is 3.01. The van der Waals surface area contributed by atoms with Crippen molar-refractivity contribution in [3.8, 4) is 16.9 Å². The van der Waals surface area contributed by atoms with Crippen LogP contribution < -0.4 is 10.2 Å². The maximum absolute atomic E-state index is 5.41. The Morgan fingerprint density at radius 1 is 0.935 bits per heavy atom. The summed E-state index contributed by atoms with van der Waals surface area (Å²) in [5, 5.41) is 7.57. The molecule has 0 unspecified atom stereocenters. The molecule has 4 aromatic rings. The number of aromatic nitrogens is 6. The lowest BCUT2D eigenvalue weighted by Crippen LogP contribution is -2.36. The van der Waals surface area contributed by atoms with Gasteiger partial charge in [0.2, 0.25) is 5.95 Å². The van der Waals surface area contributed by atoms with Crippen molar-refractivity contribution in [1.82, 2.24) is 29.7 Å². The van der Waals surface area contributed by atoms with E-state index in [0.29, 0.717) is 5.95 Å². The molecule has 1 N–H and O–H groups in total. The number of benzene rings is 1. The number of aryl methyl sites for hydroxylation is 1. The van der Waals surface area contributed by atoms with E-state index in [0.717, 1.165) is 60.6 Å². The summed E-state index contributed by atoms with van der Waals surface area (Å²) < 4.78 is 7.15. The van der Waals surface area contributed by atoms with Crippen LogP contribution in [0.1, 0.15) is 5.82 Å². The van der Waals surface area contributed by atoms with E-state index >= 15 is 0 Å². The Morgan fingerprint density at radius 2 is 1.77 bits per heavy atom. The average Bonchev–Trinajstić information content (AvgIpc) is 3.27. The number of anilines is 3. The van der Waals surface area contributed by atoms with Gasteiger partial charge in [0.05, 0.1) is 24.6 Å². The van der Waals surface area contributed by atoms with Gasteiger partial charge in [-0.2, -0.15) is 5.10 Å². The minimum Gasteiger partial charge on any atom is -0.378 e. The highest BCUT2D eigenvalue weighted by Gasteiger charge is 2.12. The highest BCUT2D eigenvalue weighted by Crippen LogP contribution is 2.22. The lowest BCUT2D eigenvalue weighted by Gasteiger charge is -2.27. The van der Waals surface area contributed by atoms with E-state index in [1.807, 2.05) is 55.6 Å². The molecule has 1 aliphatic heterocycles. The van der Waals surface area contributed by atoms with Crippen molar-refractivity contribution in [2.24, 2.45) is 0 Å². The van der Waals surface area contributed by atoms with Gasteiger partial charge in [0.15, 0.2) is 0 Å². The fourth-order valence-corrected chi connectivity index (χ4v) is 3.39. The van der Waals surface area contributed by atoms with Gasteiger partial charge in [0.25, 0.3) is 0 Å². The van der Waals surface area contributed by atoms with E-state index in [9.17, 15) is 0 Å². The minimum atomic E-state index is 0.527. The van der Waals surface area contributed by atoms with Crippen LogP contribution in [0, 0.1) is 6.92 Å². The average molecular weight is 414 g/mol. The quantitative estimate of drug-likeness (QED) is 0.533. The highest BCUT2D eigenvalue weighted by atomic mass is 16.5. The first-order valence-electron chi connectivity index (χ1n) is 10.1. The van der Waals surface area contributed by atoms with Gasteiger partial charge < -0.3 is 15.0 Å². The zero-order chi connectivity index (χ0) is 21.0. The van der Waals surface area contributed by atoms with Crippen molar-refractivity contribution in [2.75, 3.05) is 36.5 Å². The summed E-state index contributed by atoms with van der Waals surface area (Å²) in [5.41, 5.74) is 3.58. The van der Waals surface area contributed by atoms with Gasteiger partial charge in [-0.1, -0.05) is 0 Å². The third-order valence-corrected chi connectivity index (χ3v) is 5.03. The molecule has 0 atom stereocenters. The van der Waals surface area contributed by atoms with Crippen LogP contribution in [0.3, 0.4) is 0 Å². The molecule has 0 aliphatic carbocycles. The standard InChI is InChI=1S/C22H22N8O/c1-16-25-15-30(28-16)19-5-3-18(4-6-19)26-22-23-9-8-20(27-22)17-2-7-21(24-14-17)29-10-12-31-13-11-29/h2-9,14-15H,10-13H2,1H3,(H,23,26,27). The molecule has 9 heteroatoms. The van der Waals surface area contributed by atoms with Crippen LogP contribution in [0.25, 0.3) is 16.9 Å². The Bertz CT molecular complexity index is 1150. The molecule has 0 bridgehead atoms. The second kappa shape index (κ2) is 8.49. The Kier molecular flexibility index (Phi) is 5.24. The van der Waals surface area contributed by atoms with Crippen molar-refractivity contribution in [3.63, 3.8) is 0 Å². The summed E-state index contributed by atoms with van der Waals surface area (Å²) in [5.74, 6) is 2.22. The Balaban J connectivity index is 1.30. The fraction of sp³-hybridized carbons (Fsp3) is 0.227. The van der Waals surface area contributed by atoms with E-state index < -0.39 is 0 Å². The van der Waals surface area contributed by atoms with E-state index in [4.69, 9.17) is 4.74 Å². The summed E-state index contributed by atoms with van der Waals surface area (Å²) >= 11 is 0. The molecule has 1 aromatic carbocycles. The molecule has 0 saturated carbocycles. The second-order valence-corrected chi connectivity index (χ2v) is 7.18. The largest absolute Gasteiger partial charge is 0.378 e. The van der Waals surface area contributed by atoms with Crippen LogP contribution in [0.5, 0.6) is 0 Å². The summed E-state index contributed by atoms with van der Waals surface area (Å²) in [6.07, 6.45) is 5.29. The van der Waals surface area contributed by atoms with Gasteiger partial charge in [-0.05, 0) is 49.4 Å². The van der Waals surface area contributed by atoms with Gasteiger partial charge in [0, 0.05) is 36.7 Å². The van der Waals surface area contributed by atoms with Crippen LogP contribution in [-0.4, -0.2) is 56.0 Å². The van der Waals surface area contributed by atoms with Gasteiger partial charge >= 0.3 is 0 Å². The molecule has 4 heterocycles. The van der Waals surface area contributed by atoms with E-state index in [2.05, 4.69) is 35.3 Å². The highest BCUT2D eigenvalue weighted by molar-refractivity contribution is 5.63. The lowest BCUT2D eigenvalue weighted by atomic mass is 10.2. The Morgan fingerprint density at radius 3 is 2.48 bits per heavy atom. The van der Waals surface area contributed by atoms with Crippen molar-refractivity contribution in [3.05, 3.63) is 67.0 Å². The van der Waals surface area contributed by atoms with Crippen LogP contribution in [0.4, 0.5) is 17.5 Å². The normalized spacial score (nSPS) is 13.9. The summed E-state index contributed by atoms with van der Waals surface area (Å²) in [7, 11) is 0. The summed E-state index contributed by atoms with van der Waals surface area (Å²) in [4.78, 5) is 20.0. The second-order valence-electron chi connectivity index (χ2n) is 7.18. The topological polar surface area (TPSA) is 93.9 Å². The molecule has 156 valence electrons. The van der Waals surface area contributed by atoms with Crippen LogP contribution >= 0.6 is 0 Å². The van der Waals surface area contributed by atoms with Crippen LogP contribution in [0.15, 0.2) is 61.2 Å². The number of morpholine rings is 1. The first-order chi connectivity index (χ1) is 15.2. The van der Waals surface area contributed by atoms with Gasteiger partial charge in [0.1, 0.15) is 18.0 Å². The molecule has 31 heavy (non-hydrogen) atoms. The monoisotopic (exact) mass is 414 g/mol. The van der Waals surface area contributed by atoms with Crippen molar-refractivity contribution < 1.29 is 4.74 Å². The SMILES string of the molecule is Cc1ncn(-c2ccc(Nc3nccc(-c4ccc(N5CCOCC5)nc4)n3)cc2)n1. The van der Waals surface area contributed by atoms with Crippen molar-refractivity contribution in [2.45, 2.75) is 6.92 Å².